The number of hydrogen-bond donors (Lipinski definition) is 1. The van der Waals surface area contributed by atoms with Gasteiger partial charge in [0.05, 0.1) is 6.67 Å². The molecule has 1 aromatic heterocycles. The normalized spacial score (nSPS) is 18.4. The Morgan fingerprint density at radius 2 is 1.74 bits per heavy atom. The summed E-state index contributed by atoms with van der Waals surface area (Å²) in [6.07, 6.45) is 0. The molecule has 1 aliphatic rings. The molecule has 19 heavy (non-hydrogen) atoms. The highest BCUT2D eigenvalue weighted by Gasteiger charge is 2.23. The van der Waals surface area contributed by atoms with Crippen molar-refractivity contribution in [3.63, 3.8) is 0 Å². The summed E-state index contributed by atoms with van der Waals surface area (Å²) in [7, 11) is 0. The van der Waals surface area contributed by atoms with E-state index in [1.165, 1.54) is 22.2 Å². The number of rotatable bonds is 1. The summed E-state index contributed by atoms with van der Waals surface area (Å²) in [6.45, 7) is 1.92. The zero-order valence-electron chi connectivity index (χ0n) is 10.7. The summed E-state index contributed by atoms with van der Waals surface area (Å²) in [5.74, 6) is 0.447. The maximum Gasteiger partial charge on any atom is 0.0729 e. The van der Waals surface area contributed by atoms with Gasteiger partial charge in [0.1, 0.15) is 0 Å². The smallest absolute Gasteiger partial charge is 0.0729 e. The molecule has 1 aliphatic heterocycles. The first-order valence-electron chi connectivity index (χ1n) is 6.77. The van der Waals surface area contributed by atoms with E-state index in [0.717, 1.165) is 13.2 Å². The van der Waals surface area contributed by atoms with Crippen LogP contribution in [0.15, 0.2) is 60.7 Å². The van der Waals surface area contributed by atoms with E-state index in [1.54, 1.807) is 0 Å². The highest BCUT2D eigenvalue weighted by atomic mass is 15.2. The zero-order valence-corrected chi connectivity index (χ0v) is 10.7. The molecule has 0 bridgehead atoms. The van der Waals surface area contributed by atoms with Crippen molar-refractivity contribution in [2.45, 2.75) is 12.6 Å². The average Bonchev–Trinajstić information content (AvgIpc) is 2.87. The van der Waals surface area contributed by atoms with Gasteiger partial charge in [0, 0.05) is 23.7 Å². The third-order valence-corrected chi connectivity index (χ3v) is 4.02. The molecule has 0 saturated carbocycles. The van der Waals surface area contributed by atoms with Crippen molar-refractivity contribution >= 4 is 10.9 Å². The maximum atomic E-state index is 3.53. The van der Waals surface area contributed by atoms with E-state index in [-0.39, 0.29) is 0 Å². The van der Waals surface area contributed by atoms with Crippen molar-refractivity contribution in [1.82, 2.24) is 9.88 Å². The lowest BCUT2D eigenvalue weighted by atomic mass is 9.94. The second-order valence-electron chi connectivity index (χ2n) is 5.13. The van der Waals surface area contributed by atoms with Gasteiger partial charge in [0.2, 0.25) is 0 Å². The van der Waals surface area contributed by atoms with Crippen LogP contribution in [0.5, 0.6) is 0 Å². The molecule has 2 heterocycles. The van der Waals surface area contributed by atoms with Gasteiger partial charge in [-0.3, -0.25) is 5.32 Å². The summed E-state index contributed by atoms with van der Waals surface area (Å²) < 4.78 is 2.40. The first-order chi connectivity index (χ1) is 9.43. The Bertz CT molecular complexity index is 712. The zero-order chi connectivity index (χ0) is 12.7. The number of nitrogens with zero attached hydrogens (tertiary/aromatic N) is 1. The number of para-hydroxylation sites is 1. The molecule has 3 aromatic rings. The van der Waals surface area contributed by atoms with Gasteiger partial charge in [-0.05, 0) is 23.1 Å². The summed E-state index contributed by atoms with van der Waals surface area (Å²) in [6, 6.07) is 21.7. The topological polar surface area (TPSA) is 17.0 Å². The molecule has 4 rings (SSSR count). The molecule has 1 unspecified atom stereocenters. The van der Waals surface area contributed by atoms with E-state index in [9.17, 15) is 0 Å². The molecule has 2 heteroatoms. The second kappa shape index (κ2) is 4.25. The van der Waals surface area contributed by atoms with Crippen LogP contribution >= 0.6 is 0 Å². The van der Waals surface area contributed by atoms with Gasteiger partial charge in [-0.25, -0.2) is 0 Å². The highest BCUT2D eigenvalue weighted by molar-refractivity contribution is 5.81. The van der Waals surface area contributed by atoms with Crippen LogP contribution in [0.2, 0.25) is 0 Å². The molecule has 1 atom stereocenters. The molecule has 1 N–H and O–H groups in total. The Kier molecular flexibility index (Phi) is 2.42. The van der Waals surface area contributed by atoms with E-state index in [0.29, 0.717) is 5.92 Å². The molecular weight excluding hydrogens is 232 g/mol. The number of nitrogens with one attached hydrogen (secondary N) is 1. The van der Waals surface area contributed by atoms with Crippen LogP contribution in [0.1, 0.15) is 17.2 Å². The van der Waals surface area contributed by atoms with Crippen molar-refractivity contribution in [3.05, 3.63) is 71.9 Å². The SMILES string of the molecule is c1ccc(C2CNCn3c2cc2ccccc23)cc1. The molecule has 0 fully saturated rings. The van der Waals surface area contributed by atoms with Crippen molar-refractivity contribution in [2.75, 3.05) is 6.54 Å². The fraction of sp³-hybridized carbons (Fsp3) is 0.176. The van der Waals surface area contributed by atoms with Crippen LogP contribution in [0.3, 0.4) is 0 Å². The molecule has 94 valence electrons. The molecule has 0 amide bonds. The number of aromatic nitrogens is 1. The first-order valence-corrected chi connectivity index (χ1v) is 6.77. The van der Waals surface area contributed by atoms with E-state index >= 15 is 0 Å². The van der Waals surface area contributed by atoms with Gasteiger partial charge in [-0.2, -0.15) is 0 Å². The lowest BCUT2D eigenvalue weighted by molar-refractivity contribution is 0.472. The maximum absolute atomic E-state index is 3.53. The first kappa shape index (κ1) is 10.8. The molecule has 0 spiro atoms. The summed E-state index contributed by atoms with van der Waals surface area (Å²) in [4.78, 5) is 0. The monoisotopic (exact) mass is 248 g/mol. The van der Waals surface area contributed by atoms with Crippen LogP contribution in [0, 0.1) is 0 Å². The Hall–Kier alpha value is -2.06. The van der Waals surface area contributed by atoms with Gasteiger partial charge in [-0.15, -0.1) is 0 Å². The van der Waals surface area contributed by atoms with E-state index < -0.39 is 0 Å². The summed E-state index contributed by atoms with van der Waals surface area (Å²) in [5, 5.41) is 4.87. The predicted octanol–water partition coefficient (Wildman–Crippen LogP) is 3.33. The van der Waals surface area contributed by atoms with Crippen molar-refractivity contribution in [2.24, 2.45) is 0 Å². The number of benzene rings is 2. The molecule has 2 aromatic carbocycles. The molecule has 2 nitrogen and oxygen atoms in total. The Balaban J connectivity index is 1.91. The van der Waals surface area contributed by atoms with Crippen molar-refractivity contribution in [3.8, 4) is 0 Å². The summed E-state index contributed by atoms with van der Waals surface area (Å²) in [5.41, 5.74) is 4.13. The highest BCUT2D eigenvalue weighted by Crippen LogP contribution is 2.31. The lowest BCUT2D eigenvalue weighted by Crippen LogP contribution is -2.32. The van der Waals surface area contributed by atoms with Crippen molar-refractivity contribution in [1.29, 1.82) is 0 Å². The van der Waals surface area contributed by atoms with Crippen LogP contribution in [-0.2, 0) is 6.67 Å². The largest absolute Gasteiger partial charge is 0.331 e. The lowest BCUT2D eigenvalue weighted by Gasteiger charge is -2.26. The number of fused-ring (bicyclic) bond motifs is 3. The second-order valence-corrected chi connectivity index (χ2v) is 5.13. The fourth-order valence-corrected chi connectivity index (χ4v) is 3.10. The van der Waals surface area contributed by atoms with Gasteiger partial charge >= 0.3 is 0 Å². The summed E-state index contributed by atoms with van der Waals surface area (Å²) >= 11 is 0. The minimum absolute atomic E-state index is 0.447. The van der Waals surface area contributed by atoms with Crippen LogP contribution in [0.4, 0.5) is 0 Å². The molecule has 0 saturated heterocycles. The van der Waals surface area contributed by atoms with Crippen LogP contribution in [0.25, 0.3) is 10.9 Å². The van der Waals surface area contributed by atoms with Crippen molar-refractivity contribution < 1.29 is 0 Å². The standard InChI is InChI=1S/C17H16N2/c1-2-6-13(7-3-1)15-11-18-12-19-16-9-5-4-8-14(16)10-17(15)19/h1-10,15,18H,11-12H2. The predicted molar refractivity (Wildman–Crippen MR) is 78.2 cm³/mol. The number of hydrogen-bond acceptors (Lipinski definition) is 1. The van der Waals surface area contributed by atoms with Crippen LogP contribution in [-0.4, -0.2) is 11.1 Å². The fourth-order valence-electron chi connectivity index (χ4n) is 3.10. The van der Waals surface area contributed by atoms with E-state index in [1.807, 2.05) is 0 Å². The minimum atomic E-state index is 0.447. The molecule has 0 radical (unpaired) electrons. The third kappa shape index (κ3) is 1.68. The quantitative estimate of drug-likeness (QED) is 0.699. The average molecular weight is 248 g/mol. The van der Waals surface area contributed by atoms with Crippen LogP contribution < -0.4 is 5.32 Å². The molecular formula is C17H16N2. The van der Waals surface area contributed by atoms with Gasteiger partial charge in [-0.1, -0.05) is 48.5 Å². The third-order valence-electron chi connectivity index (χ3n) is 4.02. The van der Waals surface area contributed by atoms with E-state index in [2.05, 4.69) is 70.5 Å². The molecule has 0 aliphatic carbocycles. The van der Waals surface area contributed by atoms with Gasteiger partial charge in [0.25, 0.3) is 0 Å². The van der Waals surface area contributed by atoms with Gasteiger partial charge < -0.3 is 4.57 Å². The van der Waals surface area contributed by atoms with E-state index in [4.69, 9.17) is 0 Å². The minimum Gasteiger partial charge on any atom is -0.331 e. The Morgan fingerprint density at radius 3 is 2.63 bits per heavy atom. The Labute approximate surface area is 112 Å². The Morgan fingerprint density at radius 1 is 0.947 bits per heavy atom. The van der Waals surface area contributed by atoms with Gasteiger partial charge in [0.15, 0.2) is 0 Å².